The molecule has 2 nitrogen and oxygen atoms in total. The zero-order valence-corrected chi connectivity index (χ0v) is 11.5. The summed E-state index contributed by atoms with van der Waals surface area (Å²) in [4.78, 5) is 0. The minimum absolute atomic E-state index is 0.725. The Morgan fingerprint density at radius 1 is 1.12 bits per heavy atom. The molecule has 3 heteroatoms. The van der Waals surface area contributed by atoms with E-state index >= 15 is 0 Å². The molecule has 0 aliphatic heterocycles. The van der Waals surface area contributed by atoms with Crippen molar-refractivity contribution < 1.29 is 4.74 Å². The molecule has 2 N–H and O–H groups in total. The number of nitrogen functional groups attached to an aromatic ring is 1. The van der Waals surface area contributed by atoms with Crippen molar-refractivity contribution in [2.75, 3.05) is 23.8 Å². The number of hydrogen-bond acceptors (Lipinski definition) is 3. The molecule has 0 aromatic heterocycles. The molecule has 0 bridgehead atoms. The number of ether oxygens (including phenoxy) is 1. The molecule has 1 rings (SSSR count). The average molecular weight is 253 g/mol. The molecule has 0 spiro atoms. The standard InChI is InChI=1S/C14H23NOS/c1-2-3-6-11-17-12-7-10-16-14-9-5-4-8-13(14)15/h4-5,8-9H,2-3,6-7,10-12,15H2,1H3. The fourth-order valence-electron chi connectivity index (χ4n) is 1.51. The van der Waals surface area contributed by atoms with Crippen LogP contribution in [0.3, 0.4) is 0 Å². The molecule has 0 fully saturated rings. The highest BCUT2D eigenvalue weighted by atomic mass is 32.2. The van der Waals surface area contributed by atoms with Crippen LogP contribution < -0.4 is 10.5 Å². The molecule has 1 aromatic carbocycles. The summed E-state index contributed by atoms with van der Waals surface area (Å²) in [5, 5.41) is 0. The fourth-order valence-corrected chi connectivity index (χ4v) is 2.45. The predicted octanol–water partition coefficient (Wildman–Crippen LogP) is 3.96. The van der Waals surface area contributed by atoms with Gasteiger partial charge in [-0.3, -0.25) is 0 Å². The number of unbranched alkanes of at least 4 members (excludes halogenated alkanes) is 2. The molecule has 96 valence electrons. The third-order valence-corrected chi connectivity index (χ3v) is 3.66. The van der Waals surface area contributed by atoms with Crippen molar-refractivity contribution in [2.24, 2.45) is 0 Å². The molecule has 0 saturated heterocycles. The second-order valence-electron chi connectivity index (χ2n) is 4.06. The number of rotatable bonds is 9. The number of thioether (sulfide) groups is 1. The molecule has 0 unspecified atom stereocenters. The lowest BCUT2D eigenvalue weighted by Crippen LogP contribution is -2.01. The summed E-state index contributed by atoms with van der Waals surface area (Å²) in [6.45, 7) is 3.00. The Morgan fingerprint density at radius 3 is 2.65 bits per heavy atom. The molecule has 0 amide bonds. The summed E-state index contributed by atoms with van der Waals surface area (Å²) in [5.41, 5.74) is 6.51. The van der Waals surface area contributed by atoms with Crippen LogP contribution in [0.5, 0.6) is 5.75 Å². The third kappa shape index (κ3) is 6.47. The van der Waals surface area contributed by atoms with Gasteiger partial charge in [0.15, 0.2) is 0 Å². The van der Waals surface area contributed by atoms with E-state index in [2.05, 4.69) is 6.92 Å². The minimum atomic E-state index is 0.725. The number of anilines is 1. The first-order valence-electron chi connectivity index (χ1n) is 6.39. The van der Waals surface area contributed by atoms with E-state index in [-0.39, 0.29) is 0 Å². The maximum Gasteiger partial charge on any atom is 0.142 e. The number of benzene rings is 1. The van der Waals surface area contributed by atoms with Crippen LogP contribution in [0.4, 0.5) is 5.69 Å². The Morgan fingerprint density at radius 2 is 1.88 bits per heavy atom. The van der Waals surface area contributed by atoms with Gasteiger partial charge in [-0.25, -0.2) is 0 Å². The smallest absolute Gasteiger partial charge is 0.142 e. The van der Waals surface area contributed by atoms with Crippen LogP contribution in [-0.2, 0) is 0 Å². The maximum absolute atomic E-state index is 5.79. The van der Waals surface area contributed by atoms with E-state index in [4.69, 9.17) is 10.5 Å². The van der Waals surface area contributed by atoms with E-state index in [1.165, 1.54) is 30.8 Å². The number of para-hydroxylation sites is 2. The summed E-state index contributed by atoms with van der Waals surface area (Å²) >= 11 is 2.02. The highest BCUT2D eigenvalue weighted by molar-refractivity contribution is 7.99. The van der Waals surface area contributed by atoms with Crippen molar-refractivity contribution >= 4 is 17.4 Å². The van der Waals surface area contributed by atoms with Gasteiger partial charge in [0.05, 0.1) is 12.3 Å². The quantitative estimate of drug-likeness (QED) is 0.534. The van der Waals surface area contributed by atoms with Gasteiger partial charge in [0.25, 0.3) is 0 Å². The van der Waals surface area contributed by atoms with Crippen molar-refractivity contribution in [3.63, 3.8) is 0 Å². The Labute approximate surface area is 109 Å². The van der Waals surface area contributed by atoms with Gasteiger partial charge in [0.1, 0.15) is 5.75 Å². The summed E-state index contributed by atoms with van der Waals surface area (Å²) in [7, 11) is 0. The lowest BCUT2D eigenvalue weighted by molar-refractivity contribution is 0.320. The molecule has 0 heterocycles. The van der Waals surface area contributed by atoms with Crippen molar-refractivity contribution in [3.05, 3.63) is 24.3 Å². The highest BCUT2D eigenvalue weighted by Gasteiger charge is 1.97. The van der Waals surface area contributed by atoms with Gasteiger partial charge in [-0.15, -0.1) is 0 Å². The molecule has 0 aliphatic rings. The zero-order valence-electron chi connectivity index (χ0n) is 10.7. The van der Waals surface area contributed by atoms with Crippen molar-refractivity contribution in [2.45, 2.75) is 32.6 Å². The van der Waals surface area contributed by atoms with Crippen LogP contribution in [0.15, 0.2) is 24.3 Å². The van der Waals surface area contributed by atoms with E-state index in [1.807, 2.05) is 36.0 Å². The van der Waals surface area contributed by atoms with Gasteiger partial charge in [0, 0.05) is 0 Å². The van der Waals surface area contributed by atoms with Gasteiger partial charge in [-0.05, 0) is 36.5 Å². The molecule has 1 aromatic rings. The minimum Gasteiger partial charge on any atom is -0.491 e. The van der Waals surface area contributed by atoms with Crippen molar-refractivity contribution in [3.8, 4) is 5.75 Å². The van der Waals surface area contributed by atoms with Gasteiger partial charge >= 0.3 is 0 Å². The predicted molar refractivity (Wildman–Crippen MR) is 77.8 cm³/mol. The van der Waals surface area contributed by atoms with Crippen LogP contribution in [0.1, 0.15) is 32.6 Å². The summed E-state index contributed by atoms with van der Waals surface area (Å²) in [5.74, 6) is 3.26. The molecule has 0 aliphatic carbocycles. The van der Waals surface area contributed by atoms with Crippen LogP contribution in [0, 0.1) is 0 Å². The van der Waals surface area contributed by atoms with E-state index in [1.54, 1.807) is 0 Å². The second-order valence-corrected chi connectivity index (χ2v) is 5.28. The summed E-state index contributed by atoms with van der Waals surface area (Å²) in [6, 6.07) is 7.66. The molecular weight excluding hydrogens is 230 g/mol. The first-order valence-corrected chi connectivity index (χ1v) is 7.55. The van der Waals surface area contributed by atoms with Gasteiger partial charge in [-0.1, -0.05) is 31.9 Å². The first-order chi connectivity index (χ1) is 8.34. The number of hydrogen-bond donors (Lipinski definition) is 1. The SMILES string of the molecule is CCCCCSCCCOc1ccccc1N. The van der Waals surface area contributed by atoms with E-state index in [0.29, 0.717) is 0 Å². The van der Waals surface area contributed by atoms with Crippen molar-refractivity contribution in [1.29, 1.82) is 0 Å². The summed E-state index contributed by atoms with van der Waals surface area (Å²) in [6.07, 6.45) is 5.08. The van der Waals surface area contributed by atoms with E-state index in [9.17, 15) is 0 Å². The lowest BCUT2D eigenvalue weighted by Gasteiger charge is -2.08. The Hall–Kier alpha value is -0.830. The summed E-state index contributed by atoms with van der Waals surface area (Å²) < 4.78 is 5.63. The Kier molecular flexibility index (Phi) is 7.72. The average Bonchev–Trinajstić information content (AvgIpc) is 2.35. The van der Waals surface area contributed by atoms with Gasteiger partial charge < -0.3 is 10.5 Å². The molecule has 0 atom stereocenters. The van der Waals surface area contributed by atoms with E-state index in [0.717, 1.165) is 24.5 Å². The second kappa shape index (κ2) is 9.23. The Bertz CT molecular complexity index is 304. The van der Waals surface area contributed by atoms with Gasteiger partial charge in [-0.2, -0.15) is 11.8 Å². The zero-order chi connectivity index (χ0) is 12.3. The van der Waals surface area contributed by atoms with Crippen LogP contribution in [0.25, 0.3) is 0 Å². The Balaban J connectivity index is 1.99. The largest absolute Gasteiger partial charge is 0.491 e. The normalized spacial score (nSPS) is 10.4. The monoisotopic (exact) mass is 253 g/mol. The first kappa shape index (κ1) is 14.2. The van der Waals surface area contributed by atoms with Crippen LogP contribution in [0.2, 0.25) is 0 Å². The molecule has 0 saturated carbocycles. The molecular formula is C14H23NOS. The third-order valence-electron chi connectivity index (χ3n) is 2.50. The lowest BCUT2D eigenvalue weighted by atomic mass is 10.3. The topological polar surface area (TPSA) is 35.2 Å². The highest BCUT2D eigenvalue weighted by Crippen LogP contribution is 2.20. The van der Waals surface area contributed by atoms with Gasteiger partial charge in [0.2, 0.25) is 0 Å². The fraction of sp³-hybridized carbons (Fsp3) is 0.571. The molecule has 0 radical (unpaired) electrons. The van der Waals surface area contributed by atoms with Crippen LogP contribution >= 0.6 is 11.8 Å². The van der Waals surface area contributed by atoms with E-state index < -0.39 is 0 Å². The number of nitrogens with two attached hydrogens (primary N) is 1. The van der Waals surface area contributed by atoms with Crippen molar-refractivity contribution in [1.82, 2.24) is 0 Å². The van der Waals surface area contributed by atoms with Crippen LogP contribution in [-0.4, -0.2) is 18.1 Å². The maximum atomic E-state index is 5.79. The molecule has 17 heavy (non-hydrogen) atoms.